The van der Waals surface area contributed by atoms with Crippen molar-refractivity contribution in [2.75, 3.05) is 0 Å². The molecule has 0 aliphatic heterocycles. The fourth-order valence-corrected chi connectivity index (χ4v) is 3.05. The molecule has 0 saturated carbocycles. The summed E-state index contributed by atoms with van der Waals surface area (Å²) in [6.07, 6.45) is 3.73. The second kappa shape index (κ2) is 5.87. The van der Waals surface area contributed by atoms with Gasteiger partial charge in [0, 0.05) is 10.8 Å². The summed E-state index contributed by atoms with van der Waals surface area (Å²) in [4.78, 5) is 5.83. The van der Waals surface area contributed by atoms with E-state index in [-0.39, 0.29) is 0 Å². The van der Waals surface area contributed by atoms with Crippen LogP contribution in [0.2, 0.25) is 0 Å². The topological polar surface area (TPSA) is 36.7 Å². The molecule has 0 aliphatic carbocycles. The van der Waals surface area contributed by atoms with E-state index >= 15 is 0 Å². The number of hydrogen-bond acceptors (Lipinski definition) is 3. The summed E-state index contributed by atoms with van der Waals surface area (Å²) in [5.41, 5.74) is 1.13. The zero-order valence-electron chi connectivity index (χ0n) is 9.71. The highest BCUT2D eigenvalue weighted by Crippen LogP contribution is 2.30. The average Bonchev–Trinajstić information content (AvgIpc) is 2.64. The van der Waals surface area contributed by atoms with Crippen molar-refractivity contribution in [3.8, 4) is 6.07 Å². The Bertz CT molecular complexity index is 345. The van der Waals surface area contributed by atoms with Gasteiger partial charge >= 0.3 is 0 Å². The molecule has 0 bridgehead atoms. The van der Waals surface area contributed by atoms with Crippen LogP contribution in [-0.2, 0) is 12.8 Å². The molecule has 1 rings (SSSR count). The molecule has 0 radical (unpaired) electrons. The third kappa shape index (κ3) is 2.79. The molecule has 0 aliphatic rings. The maximum absolute atomic E-state index is 8.73. The third-order valence-electron chi connectivity index (χ3n) is 2.70. The molecule has 0 unspecified atom stereocenters. The van der Waals surface area contributed by atoms with E-state index in [1.54, 1.807) is 11.3 Å². The number of aryl methyl sites for hydroxylation is 1. The SMILES string of the molecule is CCc1nc(C(CC)CC)sc1CC#N. The monoisotopic (exact) mass is 222 g/mol. The fourth-order valence-electron chi connectivity index (χ4n) is 1.70. The lowest BCUT2D eigenvalue weighted by molar-refractivity contribution is 0.635. The van der Waals surface area contributed by atoms with Crippen LogP contribution in [0.15, 0.2) is 0 Å². The largest absolute Gasteiger partial charge is 0.246 e. The van der Waals surface area contributed by atoms with Crippen molar-refractivity contribution in [3.63, 3.8) is 0 Å². The number of rotatable bonds is 5. The lowest BCUT2D eigenvalue weighted by atomic mass is 10.1. The Morgan fingerprint density at radius 3 is 2.47 bits per heavy atom. The molecule has 1 aromatic heterocycles. The second-order valence-electron chi connectivity index (χ2n) is 3.62. The van der Waals surface area contributed by atoms with Gasteiger partial charge in [0.25, 0.3) is 0 Å². The van der Waals surface area contributed by atoms with Gasteiger partial charge in [-0.15, -0.1) is 11.3 Å². The Hall–Kier alpha value is -0.880. The van der Waals surface area contributed by atoms with E-state index in [2.05, 4.69) is 31.8 Å². The first-order chi connectivity index (χ1) is 7.26. The first-order valence-corrected chi connectivity index (χ1v) is 6.43. The Kier molecular flexibility index (Phi) is 4.77. The number of thiazole rings is 1. The van der Waals surface area contributed by atoms with Gasteiger partial charge in [-0.05, 0) is 19.3 Å². The van der Waals surface area contributed by atoms with E-state index < -0.39 is 0 Å². The predicted octanol–water partition coefficient (Wildman–Crippen LogP) is 3.68. The van der Waals surface area contributed by atoms with Gasteiger partial charge in [0.1, 0.15) is 0 Å². The summed E-state index contributed by atoms with van der Waals surface area (Å²) in [5.74, 6) is 0.577. The van der Waals surface area contributed by atoms with E-state index in [0.717, 1.165) is 25.0 Å². The van der Waals surface area contributed by atoms with Gasteiger partial charge in [-0.25, -0.2) is 4.98 Å². The van der Waals surface area contributed by atoms with E-state index in [1.165, 1.54) is 9.88 Å². The summed E-state index contributed by atoms with van der Waals surface area (Å²) in [6, 6.07) is 2.22. The van der Waals surface area contributed by atoms with Crippen LogP contribution in [0, 0.1) is 11.3 Å². The maximum atomic E-state index is 8.73. The fraction of sp³-hybridized carbons (Fsp3) is 0.667. The summed E-state index contributed by atoms with van der Waals surface area (Å²) in [5, 5.41) is 9.95. The van der Waals surface area contributed by atoms with Gasteiger partial charge in [0.15, 0.2) is 0 Å². The molecule has 0 saturated heterocycles. The standard InChI is InChI=1S/C12H18N2S/c1-4-9(5-2)12-14-10(6-3)11(15-12)7-8-13/h9H,4-7H2,1-3H3. The van der Waals surface area contributed by atoms with Crippen LogP contribution in [0.5, 0.6) is 0 Å². The molecule has 0 aromatic carbocycles. The molecule has 0 spiro atoms. The van der Waals surface area contributed by atoms with Crippen molar-refractivity contribution in [1.82, 2.24) is 4.98 Å². The first kappa shape index (κ1) is 12.2. The molecule has 0 fully saturated rings. The zero-order valence-corrected chi connectivity index (χ0v) is 10.5. The minimum Gasteiger partial charge on any atom is -0.246 e. The van der Waals surface area contributed by atoms with Crippen LogP contribution in [0.25, 0.3) is 0 Å². The zero-order chi connectivity index (χ0) is 11.3. The molecule has 0 N–H and O–H groups in total. The van der Waals surface area contributed by atoms with Gasteiger partial charge < -0.3 is 0 Å². The van der Waals surface area contributed by atoms with Crippen LogP contribution in [0.3, 0.4) is 0 Å². The highest BCUT2D eigenvalue weighted by Gasteiger charge is 2.15. The maximum Gasteiger partial charge on any atom is 0.0962 e. The third-order valence-corrected chi connectivity index (χ3v) is 3.96. The predicted molar refractivity (Wildman–Crippen MR) is 64.1 cm³/mol. The Morgan fingerprint density at radius 2 is 2.00 bits per heavy atom. The first-order valence-electron chi connectivity index (χ1n) is 5.62. The van der Waals surface area contributed by atoms with Crippen LogP contribution in [0.1, 0.15) is 55.1 Å². The molecular weight excluding hydrogens is 204 g/mol. The molecule has 82 valence electrons. The molecule has 3 heteroatoms. The normalized spacial score (nSPS) is 10.6. The van der Waals surface area contributed by atoms with Crippen molar-refractivity contribution in [2.45, 2.75) is 52.4 Å². The lowest BCUT2D eigenvalue weighted by Crippen LogP contribution is -1.94. The van der Waals surface area contributed by atoms with Gasteiger partial charge in [0.2, 0.25) is 0 Å². The molecule has 0 amide bonds. The van der Waals surface area contributed by atoms with E-state index in [9.17, 15) is 0 Å². The van der Waals surface area contributed by atoms with Crippen molar-refractivity contribution in [1.29, 1.82) is 5.26 Å². The minimum absolute atomic E-state index is 0.515. The van der Waals surface area contributed by atoms with Crippen molar-refractivity contribution < 1.29 is 0 Å². The second-order valence-corrected chi connectivity index (χ2v) is 4.74. The average molecular weight is 222 g/mol. The summed E-state index contributed by atoms with van der Waals surface area (Å²) in [7, 11) is 0. The molecule has 15 heavy (non-hydrogen) atoms. The van der Waals surface area contributed by atoms with E-state index in [4.69, 9.17) is 5.26 Å². The number of hydrogen-bond donors (Lipinski definition) is 0. The Morgan fingerprint density at radius 1 is 1.33 bits per heavy atom. The molecule has 1 heterocycles. The Labute approximate surface area is 96.0 Å². The van der Waals surface area contributed by atoms with Crippen LogP contribution >= 0.6 is 11.3 Å². The van der Waals surface area contributed by atoms with Crippen molar-refractivity contribution >= 4 is 11.3 Å². The highest BCUT2D eigenvalue weighted by atomic mass is 32.1. The smallest absolute Gasteiger partial charge is 0.0962 e. The van der Waals surface area contributed by atoms with E-state index in [0.29, 0.717) is 12.3 Å². The van der Waals surface area contributed by atoms with Crippen LogP contribution in [0.4, 0.5) is 0 Å². The van der Waals surface area contributed by atoms with Gasteiger partial charge in [-0.2, -0.15) is 5.26 Å². The lowest BCUT2D eigenvalue weighted by Gasteiger charge is -2.06. The highest BCUT2D eigenvalue weighted by molar-refractivity contribution is 7.11. The van der Waals surface area contributed by atoms with Gasteiger partial charge in [-0.3, -0.25) is 0 Å². The van der Waals surface area contributed by atoms with Crippen molar-refractivity contribution in [2.24, 2.45) is 0 Å². The van der Waals surface area contributed by atoms with Gasteiger partial charge in [0.05, 0.1) is 23.2 Å². The van der Waals surface area contributed by atoms with E-state index in [1.807, 2.05) is 0 Å². The number of nitriles is 1. The number of aromatic nitrogens is 1. The van der Waals surface area contributed by atoms with Crippen LogP contribution < -0.4 is 0 Å². The summed E-state index contributed by atoms with van der Waals surface area (Å²) in [6.45, 7) is 6.50. The molecule has 0 atom stereocenters. The van der Waals surface area contributed by atoms with Crippen molar-refractivity contribution in [3.05, 3.63) is 15.6 Å². The Balaban J connectivity index is 2.96. The van der Waals surface area contributed by atoms with Gasteiger partial charge in [-0.1, -0.05) is 20.8 Å². The molecule has 1 aromatic rings. The summed E-state index contributed by atoms with van der Waals surface area (Å²) >= 11 is 1.73. The molecular formula is C12H18N2S. The van der Waals surface area contributed by atoms with Crippen LogP contribution in [-0.4, -0.2) is 4.98 Å². The molecule has 2 nitrogen and oxygen atoms in total. The quantitative estimate of drug-likeness (QED) is 0.762. The minimum atomic E-state index is 0.515. The number of nitrogens with zero attached hydrogens (tertiary/aromatic N) is 2. The summed E-state index contributed by atoms with van der Waals surface area (Å²) < 4.78 is 0.